The Bertz CT molecular complexity index is 672. The SMILES string of the molecule is CCC(C)C(O)c1ccc2[nH]c(=O)c(=O)[nH]c2c1. The Morgan fingerprint density at radius 2 is 1.78 bits per heavy atom. The molecule has 1 heterocycles. The Labute approximate surface area is 103 Å². The van der Waals surface area contributed by atoms with Crippen LogP contribution in [0.2, 0.25) is 0 Å². The number of aromatic amines is 2. The molecular formula is C13H16N2O3. The molecule has 2 aromatic rings. The smallest absolute Gasteiger partial charge is 0.314 e. The van der Waals surface area contributed by atoms with Gasteiger partial charge in [-0.05, 0) is 23.6 Å². The Morgan fingerprint density at radius 3 is 2.39 bits per heavy atom. The molecule has 2 unspecified atom stereocenters. The first-order valence-corrected chi connectivity index (χ1v) is 5.97. The quantitative estimate of drug-likeness (QED) is 0.715. The van der Waals surface area contributed by atoms with E-state index in [4.69, 9.17) is 0 Å². The molecule has 0 aliphatic heterocycles. The lowest BCUT2D eigenvalue weighted by Crippen LogP contribution is -2.28. The minimum absolute atomic E-state index is 0.136. The lowest BCUT2D eigenvalue weighted by atomic mass is 9.95. The molecule has 0 aliphatic carbocycles. The summed E-state index contributed by atoms with van der Waals surface area (Å²) < 4.78 is 0. The number of aliphatic hydroxyl groups excluding tert-OH is 1. The lowest BCUT2D eigenvalue weighted by molar-refractivity contribution is 0.115. The van der Waals surface area contributed by atoms with Gasteiger partial charge in [-0.15, -0.1) is 0 Å². The third-order valence-electron chi connectivity index (χ3n) is 3.27. The van der Waals surface area contributed by atoms with E-state index in [0.29, 0.717) is 11.0 Å². The largest absolute Gasteiger partial charge is 0.388 e. The fourth-order valence-electron chi connectivity index (χ4n) is 1.87. The van der Waals surface area contributed by atoms with Gasteiger partial charge in [0.05, 0.1) is 17.1 Å². The Morgan fingerprint density at radius 1 is 1.17 bits per heavy atom. The van der Waals surface area contributed by atoms with E-state index in [-0.39, 0.29) is 5.92 Å². The van der Waals surface area contributed by atoms with E-state index in [1.807, 2.05) is 13.8 Å². The molecular weight excluding hydrogens is 232 g/mol. The number of aromatic nitrogens is 2. The van der Waals surface area contributed by atoms with Crippen LogP contribution in [0.5, 0.6) is 0 Å². The van der Waals surface area contributed by atoms with Gasteiger partial charge in [0.1, 0.15) is 0 Å². The second-order valence-corrected chi connectivity index (χ2v) is 4.54. The summed E-state index contributed by atoms with van der Waals surface area (Å²) in [5, 5.41) is 10.1. The molecule has 0 aliphatic rings. The van der Waals surface area contributed by atoms with Crippen LogP contribution in [-0.4, -0.2) is 15.1 Å². The number of hydrogen-bond donors (Lipinski definition) is 3. The highest BCUT2D eigenvalue weighted by atomic mass is 16.3. The zero-order valence-electron chi connectivity index (χ0n) is 10.4. The number of nitrogens with one attached hydrogen (secondary N) is 2. The van der Waals surface area contributed by atoms with Crippen LogP contribution in [0.25, 0.3) is 11.0 Å². The molecule has 0 saturated heterocycles. The molecule has 18 heavy (non-hydrogen) atoms. The number of hydrogen-bond acceptors (Lipinski definition) is 3. The molecule has 1 aromatic carbocycles. The molecule has 0 fully saturated rings. The predicted octanol–water partition coefficient (Wildman–Crippen LogP) is 1.30. The average molecular weight is 248 g/mol. The van der Waals surface area contributed by atoms with Gasteiger partial charge in [0.25, 0.3) is 0 Å². The van der Waals surface area contributed by atoms with E-state index < -0.39 is 17.2 Å². The van der Waals surface area contributed by atoms with Crippen molar-refractivity contribution in [2.75, 3.05) is 0 Å². The number of aliphatic hydroxyl groups is 1. The van der Waals surface area contributed by atoms with Crippen molar-refractivity contribution in [3.63, 3.8) is 0 Å². The minimum atomic E-state index is -0.683. The van der Waals surface area contributed by atoms with Crippen LogP contribution in [0.1, 0.15) is 31.9 Å². The fourth-order valence-corrected chi connectivity index (χ4v) is 1.87. The molecule has 2 atom stereocenters. The van der Waals surface area contributed by atoms with Crippen molar-refractivity contribution in [2.24, 2.45) is 5.92 Å². The minimum Gasteiger partial charge on any atom is -0.388 e. The first kappa shape index (κ1) is 12.6. The van der Waals surface area contributed by atoms with E-state index in [9.17, 15) is 14.7 Å². The van der Waals surface area contributed by atoms with Gasteiger partial charge in [0, 0.05) is 0 Å². The maximum atomic E-state index is 11.2. The van der Waals surface area contributed by atoms with Gasteiger partial charge in [0.2, 0.25) is 0 Å². The summed E-state index contributed by atoms with van der Waals surface area (Å²) in [5.41, 5.74) is 0.467. The lowest BCUT2D eigenvalue weighted by Gasteiger charge is -2.17. The third kappa shape index (κ3) is 2.22. The zero-order valence-corrected chi connectivity index (χ0v) is 10.4. The molecule has 0 spiro atoms. The van der Waals surface area contributed by atoms with E-state index in [1.54, 1.807) is 18.2 Å². The second-order valence-electron chi connectivity index (χ2n) is 4.54. The van der Waals surface area contributed by atoms with Gasteiger partial charge in [0.15, 0.2) is 0 Å². The van der Waals surface area contributed by atoms with Crippen LogP contribution in [0, 0.1) is 5.92 Å². The summed E-state index contributed by atoms with van der Waals surface area (Å²) in [5.74, 6) is 0.136. The van der Waals surface area contributed by atoms with Crippen molar-refractivity contribution in [2.45, 2.75) is 26.4 Å². The van der Waals surface area contributed by atoms with Gasteiger partial charge in [-0.2, -0.15) is 0 Å². The highest BCUT2D eigenvalue weighted by Crippen LogP contribution is 2.25. The molecule has 0 radical (unpaired) electrons. The van der Waals surface area contributed by atoms with Crippen LogP contribution in [0.3, 0.4) is 0 Å². The van der Waals surface area contributed by atoms with Crippen molar-refractivity contribution in [1.29, 1.82) is 0 Å². The van der Waals surface area contributed by atoms with Gasteiger partial charge in [-0.1, -0.05) is 26.3 Å². The van der Waals surface area contributed by atoms with Crippen LogP contribution in [0.4, 0.5) is 0 Å². The molecule has 3 N–H and O–H groups in total. The second kappa shape index (κ2) is 4.78. The summed E-state index contributed by atoms with van der Waals surface area (Å²) in [7, 11) is 0. The maximum absolute atomic E-state index is 11.2. The van der Waals surface area contributed by atoms with Crippen molar-refractivity contribution in [3.05, 3.63) is 44.5 Å². The first-order valence-electron chi connectivity index (χ1n) is 5.97. The molecule has 96 valence electrons. The molecule has 5 nitrogen and oxygen atoms in total. The van der Waals surface area contributed by atoms with E-state index in [2.05, 4.69) is 9.97 Å². The van der Waals surface area contributed by atoms with Crippen molar-refractivity contribution in [1.82, 2.24) is 9.97 Å². The van der Waals surface area contributed by atoms with Crippen LogP contribution >= 0.6 is 0 Å². The van der Waals surface area contributed by atoms with Gasteiger partial charge < -0.3 is 15.1 Å². The summed E-state index contributed by atoms with van der Waals surface area (Å²) >= 11 is 0. The average Bonchev–Trinajstić information content (AvgIpc) is 2.37. The number of rotatable bonds is 3. The van der Waals surface area contributed by atoms with Crippen LogP contribution < -0.4 is 11.1 Å². The maximum Gasteiger partial charge on any atom is 0.314 e. The van der Waals surface area contributed by atoms with E-state index >= 15 is 0 Å². The van der Waals surface area contributed by atoms with E-state index in [1.165, 1.54) is 0 Å². The Balaban J connectivity index is 2.53. The Hall–Kier alpha value is -1.88. The summed E-state index contributed by atoms with van der Waals surface area (Å²) in [6, 6.07) is 5.14. The van der Waals surface area contributed by atoms with Crippen LogP contribution in [0.15, 0.2) is 27.8 Å². The Kier molecular flexibility index (Phi) is 3.34. The third-order valence-corrected chi connectivity index (χ3v) is 3.27. The highest BCUT2D eigenvalue weighted by molar-refractivity contribution is 5.74. The molecule has 2 rings (SSSR count). The fraction of sp³-hybridized carbons (Fsp3) is 0.385. The molecule has 0 bridgehead atoms. The zero-order chi connectivity index (χ0) is 13.3. The number of H-pyrrole nitrogens is 2. The van der Waals surface area contributed by atoms with Crippen molar-refractivity contribution >= 4 is 11.0 Å². The molecule has 0 saturated carbocycles. The van der Waals surface area contributed by atoms with Crippen molar-refractivity contribution < 1.29 is 5.11 Å². The van der Waals surface area contributed by atoms with Gasteiger partial charge >= 0.3 is 11.1 Å². The summed E-state index contributed by atoms with van der Waals surface area (Å²) in [4.78, 5) is 27.4. The van der Waals surface area contributed by atoms with Crippen LogP contribution in [-0.2, 0) is 0 Å². The normalized spacial score (nSPS) is 14.6. The predicted molar refractivity (Wildman–Crippen MR) is 69.6 cm³/mol. The summed E-state index contributed by atoms with van der Waals surface area (Å²) in [6.07, 6.45) is 0.288. The van der Waals surface area contributed by atoms with E-state index in [0.717, 1.165) is 12.0 Å². The summed E-state index contributed by atoms with van der Waals surface area (Å²) in [6.45, 7) is 3.97. The number of benzene rings is 1. The topological polar surface area (TPSA) is 85.9 Å². The monoisotopic (exact) mass is 248 g/mol. The molecule has 1 aromatic heterocycles. The molecule has 5 heteroatoms. The number of fused-ring (bicyclic) bond motifs is 1. The molecule has 0 amide bonds. The van der Waals surface area contributed by atoms with Crippen molar-refractivity contribution in [3.8, 4) is 0 Å². The van der Waals surface area contributed by atoms with Gasteiger partial charge in [-0.25, -0.2) is 0 Å². The highest BCUT2D eigenvalue weighted by Gasteiger charge is 2.15. The first-order chi connectivity index (χ1) is 8.52. The standard InChI is InChI=1S/C13H16N2O3/c1-3-7(2)11(16)8-4-5-9-10(6-8)15-13(18)12(17)14-9/h4-7,11,16H,3H2,1-2H3,(H,14,17)(H,15,18). The van der Waals surface area contributed by atoms with Gasteiger partial charge in [-0.3, -0.25) is 9.59 Å².